The molecule has 0 spiro atoms. The summed E-state index contributed by atoms with van der Waals surface area (Å²) < 4.78 is 17.5. The lowest BCUT2D eigenvalue weighted by Gasteiger charge is -2.31. The van der Waals surface area contributed by atoms with E-state index in [1.54, 1.807) is 35.2 Å². The van der Waals surface area contributed by atoms with Crippen molar-refractivity contribution >= 4 is 5.82 Å². The molecule has 0 bridgehead atoms. The fourth-order valence-electron chi connectivity index (χ4n) is 4.47. The summed E-state index contributed by atoms with van der Waals surface area (Å²) in [4.78, 5) is 17.9. The SMILES string of the molecule is O=c1n(Cc2ccccc2F)cc(-c2ccnc([N-]C3CCC(O)CC3)c2)n1-c1ccccc1. The third-order valence-corrected chi connectivity index (χ3v) is 6.29. The number of benzene rings is 2. The largest absolute Gasteiger partial charge is 0.462 e. The summed E-state index contributed by atoms with van der Waals surface area (Å²) in [6.45, 7) is 0.130. The van der Waals surface area contributed by atoms with Crippen LogP contribution < -0.4 is 5.69 Å². The van der Waals surface area contributed by atoms with E-state index in [1.807, 2.05) is 42.5 Å². The molecule has 0 saturated heterocycles. The molecule has 1 aliphatic carbocycles. The second-order valence-electron chi connectivity index (χ2n) is 8.68. The van der Waals surface area contributed by atoms with Crippen molar-refractivity contribution in [1.29, 1.82) is 0 Å². The molecule has 0 aliphatic heterocycles. The van der Waals surface area contributed by atoms with Gasteiger partial charge in [0.1, 0.15) is 5.82 Å². The van der Waals surface area contributed by atoms with E-state index in [4.69, 9.17) is 5.32 Å². The van der Waals surface area contributed by atoms with Crippen molar-refractivity contribution in [3.05, 3.63) is 106 Å². The van der Waals surface area contributed by atoms with Crippen LogP contribution in [0.15, 0.2) is 83.9 Å². The molecular weight excluding hydrogens is 431 g/mol. The maximum absolute atomic E-state index is 14.3. The molecule has 2 aromatic heterocycles. The van der Waals surface area contributed by atoms with Crippen LogP contribution in [-0.4, -0.2) is 31.4 Å². The number of aromatic nitrogens is 3. The normalized spacial score (nSPS) is 18.1. The minimum absolute atomic E-state index is 0.130. The second-order valence-corrected chi connectivity index (χ2v) is 8.68. The van der Waals surface area contributed by atoms with E-state index < -0.39 is 0 Å². The van der Waals surface area contributed by atoms with Crippen molar-refractivity contribution in [2.75, 3.05) is 0 Å². The number of pyridine rings is 1. The van der Waals surface area contributed by atoms with Crippen LogP contribution in [0.5, 0.6) is 0 Å². The number of hydrogen-bond donors (Lipinski definition) is 1. The van der Waals surface area contributed by atoms with Crippen molar-refractivity contribution < 1.29 is 9.50 Å². The first-order valence-electron chi connectivity index (χ1n) is 11.5. The van der Waals surface area contributed by atoms with E-state index in [2.05, 4.69) is 4.98 Å². The molecule has 0 unspecified atom stereocenters. The molecule has 2 aromatic carbocycles. The fourth-order valence-corrected chi connectivity index (χ4v) is 4.47. The van der Waals surface area contributed by atoms with Gasteiger partial charge in [0.15, 0.2) is 0 Å². The Bertz CT molecular complexity index is 1320. The highest BCUT2D eigenvalue weighted by Gasteiger charge is 2.18. The van der Waals surface area contributed by atoms with E-state index in [1.165, 1.54) is 10.6 Å². The highest BCUT2D eigenvalue weighted by Crippen LogP contribution is 2.32. The fraction of sp³-hybridized carbons (Fsp3) is 0.259. The molecule has 6 nitrogen and oxygen atoms in total. The summed E-state index contributed by atoms with van der Waals surface area (Å²) in [5.41, 5.74) is 2.42. The van der Waals surface area contributed by atoms with E-state index in [9.17, 15) is 14.3 Å². The molecule has 2 heterocycles. The molecular formula is C27H26FN4O2-. The number of rotatable bonds is 6. The minimum atomic E-state index is -0.342. The molecule has 1 N–H and O–H groups in total. The average molecular weight is 458 g/mol. The first-order valence-corrected chi connectivity index (χ1v) is 11.5. The number of imidazole rings is 1. The Kier molecular flexibility index (Phi) is 6.27. The Labute approximate surface area is 197 Å². The summed E-state index contributed by atoms with van der Waals surface area (Å²) in [7, 11) is 0. The molecule has 1 fully saturated rings. The monoisotopic (exact) mass is 457 g/mol. The number of halogens is 1. The van der Waals surface area contributed by atoms with Gasteiger partial charge >= 0.3 is 5.69 Å². The average Bonchev–Trinajstić information content (AvgIpc) is 3.18. The number of hydrogen-bond acceptors (Lipinski definition) is 3. The van der Waals surface area contributed by atoms with Gasteiger partial charge in [-0.3, -0.25) is 9.13 Å². The maximum atomic E-state index is 14.3. The standard InChI is InChI=1S/C27H26FN4O2/c28-24-9-5-4-6-20(24)17-31-18-25(32(27(31)34)22-7-2-1-3-8-22)19-14-15-29-26(16-19)30-21-10-12-23(33)13-11-21/h1-9,14-16,18,21,23,33H,10-13,17H2/q-1. The number of para-hydroxylation sites is 1. The number of nitrogens with zero attached hydrogens (tertiary/aromatic N) is 4. The van der Waals surface area contributed by atoms with Crippen molar-refractivity contribution in [1.82, 2.24) is 14.1 Å². The van der Waals surface area contributed by atoms with Crippen molar-refractivity contribution in [3.63, 3.8) is 0 Å². The molecule has 34 heavy (non-hydrogen) atoms. The minimum Gasteiger partial charge on any atom is -0.462 e. The summed E-state index contributed by atoms with van der Waals surface area (Å²) in [5, 5.41) is 14.5. The van der Waals surface area contributed by atoms with Gasteiger partial charge in [-0.15, -0.1) is 0 Å². The summed E-state index contributed by atoms with van der Waals surface area (Å²) in [5.74, 6) is 0.263. The van der Waals surface area contributed by atoms with Crippen LogP contribution >= 0.6 is 0 Å². The first-order chi connectivity index (χ1) is 16.6. The van der Waals surface area contributed by atoms with E-state index in [0.29, 0.717) is 17.1 Å². The molecule has 0 atom stereocenters. The quantitative estimate of drug-likeness (QED) is 0.433. The molecule has 5 rings (SSSR count). The van der Waals surface area contributed by atoms with Gasteiger partial charge in [-0.1, -0.05) is 60.5 Å². The van der Waals surface area contributed by atoms with Crippen molar-refractivity contribution in [3.8, 4) is 16.9 Å². The summed E-state index contributed by atoms with van der Waals surface area (Å²) in [6.07, 6.45) is 6.39. The third kappa shape index (κ3) is 4.65. The number of aliphatic hydroxyl groups excluding tert-OH is 1. The van der Waals surface area contributed by atoms with Gasteiger partial charge in [0.05, 0.1) is 24.0 Å². The number of aliphatic hydroxyl groups is 1. The van der Waals surface area contributed by atoms with Crippen LogP contribution in [-0.2, 0) is 6.54 Å². The van der Waals surface area contributed by atoms with Gasteiger partial charge < -0.3 is 15.4 Å². The molecule has 0 radical (unpaired) electrons. The van der Waals surface area contributed by atoms with Crippen LogP contribution in [0.25, 0.3) is 22.3 Å². The van der Waals surface area contributed by atoms with E-state index in [-0.39, 0.29) is 30.2 Å². The lowest BCUT2D eigenvalue weighted by atomic mass is 9.93. The molecule has 7 heteroatoms. The van der Waals surface area contributed by atoms with Crippen LogP contribution in [0.1, 0.15) is 31.2 Å². The van der Waals surface area contributed by atoms with Gasteiger partial charge in [0.2, 0.25) is 0 Å². The van der Waals surface area contributed by atoms with Crippen molar-refractivity contribution in [2.45, 2.75) is 44.4 Å². The van der Waals surface area contributed by atoms with E-state index >= 15 is 0 Å². The summed E-state index contributed by atoms with van der Waals surface area (Å²) >= 11 is 0. The molecule has 1 aliphatic rings. The van der Waals surface area contributed by atoms with Crippen LogP contribution in [0.3, 0.4) is 0 Å². The smallest absolute Gasteiger partial charge is 0.333 e. The Hall–Kier alpha value is -3.71. The molecule has 4 aromatic rings. The van der Waals surface area contributed by atoms with Gasteiger partial charge in [0, 0.05) is 11.8 Å². The predicted octanol–water partition coefficient (Wildman–Crippen LogP) is 5.20. The maximum Gasteiger partial charge on any atom is 0.333 e. The molecule has 174 valence electrons. The molecule has 1 saturated carbocycles. The summed E-state index contributed by atoms with van der Waals surface area (Å²) in [6, 6.07) is 19.8. The lowest BCUT2D eigenvalue weighted by molar-refractivity contribution is 0.127. The van der Waals surface area contributed by atoms with E-state index in [0.717, 1.165) is 36.9 Å². The highest BCUT2D eigenvalue weighted by atomic mass is 19.1. The van der Waals surface area contributed by atoms with Crippen LogP contribution in [0.2, 0.25) is 0 Å². The zero-order chi connectivity index (χ0) is 23.5. The predicted molar refractivity (Wildman–Crippen MR) is 130 cm³/mol. The van der Waals surface area contributed by atoms with Gasteiger partial charge in [-0.05, 0) is 55.5 Å². The van der Waals surface area contributed by atoms with Crippen LogP contribution in [0.4, 0.5) is 10.2 Å². The lowest BCUT2D eigenvalue weighted by Crippen LogP contribution is -2.24. The second kappa shape index (κ2) is 9.65. The topological polar surface area (TPSA) is 74.2 Å². The highest BCUT2D eigenvalue weighted by molar-refractivity contribution is 5.66. The van der Waals surface area contributed by atoms with Gasteiger partial charge in [0.25, 0.3) is 0 Å². The Morgan fingerprint density at radius 2 is 1.74 bits per heavy atom. The van der Waals surface area contributed by atoms with Gasteiger partial charge in [-0.25, -0.2) is 9.18 Å². The zero-order valence-corrected chi connectivity index (χ0v) is 18.7. The van der Waals surface area contributed by atoms with Gasteiger partial charge in [-0.2, -0.15) is 0 Å². The van der Waals surface area contributed by atoms with Crippen molar-refractivity contribution in [2.24, 2.45) is 0 Å². The first kappa shape index (κ1) is 22.1. The Morgan fingerprint density at radius 1 is 1.00 bits per heavy atom. The molecule has 0 amide bonds. The Morgan fingerprint density at radius 3 is 2.50 bits per heavy atom. The zero-order valence-electron chi connectivity index (χ0n) is 18.7. The third-order valence-electron chi connectivity index (χ3n) is 6.29. The Balaban J connectivity index is 1.53. The van der Waals surface area contributed by atoms with Crippen LogP contribution in [0, 0.1) is 5.82 Å².